The number of hydrogen-bond acceptors (Lipinski definition) is 6. The Morgan fingerprint density at radius 2 is 1.82 bits per heavy atom. The fourth-order valence-electron chi connectivity index (χ4n) is 2.89. The number of nitrogens with zero attached hydrogens (tertiary/aromatic N) is 3. The summed E-state index contributed by atoms with van der Waals surface area (Å²) in [5.41, 5.74) is 1.10. The van der Waals surface area contributed by atoms with E-state index in [0.29, 0.717) is 17.2 Å². The molecule has 0 atom stereocenters. The second kappa shape index (κ2) is 8.53. The molecule has 148 valence electrons. The highest BCUT2D eigenvalue weighted by molar-refractivity contribution is 7.87. The summed E-state index contributed by atoms with van der Waals surface area (Å²) in [4.78, 5) is 8.81. The van der Waals surface area contributed by atoms with Crippen LogP contribution in [0, 0.1) is 0 Å². The maximum atomic E-state index is 13.2. The van der Waals surface area contributed by atoms with Gasteiger partial charge in [0.25, 0.3) is 0 Å². The number of para-hydroxylation sites is 1. The molecule has 0 bridgehead atoms. The van der Waals surface area contributed by atoms with Gasteiger partial charge in [0.1, 0.15) is 11.6 Å². The van der Waals surface area contributed by atoms with Gasteiger partial charge in [0.15, 0.2) is 5.03 Å². The standard InChI is InChI=1S/C20H23N3O4S/c1-15(2)19-20(28(25,26)27-17-9-4-3-5-10-17)23(18(22-19)11-13-24)14-16-8-6-7-12-21-16/h3-10,12,15,24H,11,13-14H2,1-2H3. The Labute approximate surface area is 164 Å². The maximum Gasteiger partial charge on any atom is 0.357 e. The number of imidazole rings is 1. The summed E-state index contributed by atoms with van der Waals surface area (Å²) in [7, 11) is -4.15. The molecule has 0 unspecified atom stereocenters. The molecule has 3 rings (SSSR count). The number of hydrogen-bond donors (Lipinski definition) is 1. The first-order valence-corrected chi connectivity index (χ1v) is 10.4. The number of aromatic nitrogens is 3. The Hall–Kier alpha value is -2.71. The number of pyridine rings is 1. The first-order chi connectivity index (χ1) is 13.4. The minimum absolute atomic E-state index is 0.000422. The third-order valence-electron chi connectivity index (χ3n) is 4.14. The third kappa shape index (κ3) is 4.40. The molecule has 3 aromatic rings. The van der Waals surface area contributed by atoms with Gasteiger partial charge in [-0.2, -0.15) is 8.42 Å². The Morgan fingerprint density at radius 1 is 1.11 bits per heavy atom. The summed E-state index contributed by atoms with van der Waals surface area (Å²) >= 11 is 0. The highest BCUT2D eigenvalue weighted by atomic mass is 32.2. The maximum absolute atomic E-state index is 13.2. The van der Waals surface area contributed by atoms with E-state index < -0.39 is 10.1 Å². The van der Waals surface area contributed by atoms with Crippen molar-refractivity contribution in [3.63, 3.8) is 0 Å². The average Bonchev–Trinajstić information content (AvgIpc) is 3.03. The fourth-order valence-corrected chi connectivity index (χ4v) is 4.31. The molecule has 0 radical (unpaired) electrons. The SMILES string of the molecule is CC(C)c1nc(CCO)n(Cc2ccccn2)c1S(=O)(=O)Oc1ccccc1. The molecule has 1 N–H and O–H groups in total. The highest BCUT2D eigenvalue weighted by Crippen LogP contribution is 2.28. The molecule has 1 aromatic carbocycles. The molecule has 0 saturated carbocycles. The molecule has 0 aliphatic heterocycles. The van der Waals surface area contributed by atoms with Gasteiger partial charge in [-0.15, -0.1) is 0 Å². The van der Waals surface area contributed by atoms with Gasteiger partial charge in [0.05, 0.1) is 24.5 Å². The molecule has 0 amide bonds. The lowest BCUT2D eigenvalue weighted by Crippen LogP contribution is -2.19. The second-order valence-electron chi connectivity index (χ2n) is 6.60. The van der Waals surface area contributed by atoms with Gasteiger partial charge in [-0.05, 0) is 30.2 Å². The van der Waals surface area contributed by atoms with Gasteiger partial charge in [0.2, 0.25) is 0 Å². The third-order valence-corrected chi connectivity index (χ3v) is 5.45. The Kier molecular flexibility index (Phi) is 6.11. The fraction of sp³-hybridized carbons (Fsp3) is 0.300. The van der Waals surface area contributed by atoms with Crippen LogP contribution in [0.15, 0.2) is 59.8 Å². The van der Waals surface area contributed by atoms with Gasteiger partial charge in [0, 0.05) is 12.6 Å². The number of aliphatic hydroxyl groups excluding tert-OH is 1. The van der Waals surface area contributed by atoms with Gasteiger partial charge >= 0.3 is 10.1 Å². The van der Waals surface area contributed by atoms with Crippen LogP contribution in [-0.4, -0.2) is 34.7 Å². The van der Waals surface area contributed by atoms with Crippen LogP contribution >= 0.6 is 0 Å². The quantitative estimate of drug-likeness (QED) is 0.583. The Balaban J connectivity index is 2.13. The van der Waals surface area contributed by atoms with E-state index in [2.05, 4.69) is 9.97 Å². The summed E-state index contributed by atoms with van der Waals surface area (Å²) in [6.45, 7) is 3.81. The smallest absolute Gasteiger partial charge is 0.357 e. The molecular formula is C20H23N3O4S. The molecule has 7 nitrogen and oxygen atoms in total. The number of benzene rings is 1. The summed E-state index contributed by atoms with van der Waals surface area (Å²) < 4.78 is 33.3. The minimum atomic E-state index is -4.15. The number of aliphatic hydroxyl groups is 1. The van der Waals surface area contributed by atoms with Crippen molar-refractivity contribution in [3.8, 4) is 5.75 Å². The van der Waals surface area contributed by atoms with Crippen molar-refractivity contribution < 1.29 is 17.7 Å². The summed E-state index contributed by atoms with van der Waals surface area (Å²) in [6, 6.07) is 13.8. The monoisotopic (exact) mass is 401 g/mol. The Morgan fingerprint density at radius 3 is 2.43 bits per heavy atom. The molecular weight excluding hydrogens is 378 g/mol. The molecule has 0 spiro atoms. The lowest BCUT2D eigenvalue weighted by molar-refractivity contribution is 0.294. The minimum Gasteiger partial charge on any atom is -0.396 e. The molecule has 2 aromatic heterocycles. The van der Waals surface area contributed by atoms with E-state index in [9.17, 15) is 13.5 Å². The Bertz CT molecular complexity index is 1020. The first-order valence-electron chi connectivity index (χ1n) is 9.02. The molecule has 0 aliphatic carbocycles. The van der Waals surface area contributed by atoms with Crippen LogP contribution < -0.4 is 4.18 Å². The molecule has 0 fully saturated rings. The van der Waals surface area contributed by atoms with Crippen LogP contribution in [0.3, 0.4) is 0 Å². The van der Waals surface area contributed by atoms with Crippen molar-refractivity contribution in [2.45, 2.75) is 37.8 Å². The van der Waals surface area contributed by atoms with Crippen molar-refractivity contribution in [2.75, 3.05) is 6.61 Å². The lowest BCUT2D eigenvalue weighted by atomic mass is 10.1. The lowest BCUT2D eigenvalue weighted by Gasteiger charge is -2.14. The molecule has 2 heterocycles. The summed E-state index contributed by atoms with van der Waals surface area (Å²) in [5.74, 6) is 0.560. The van der Waals surface area contributed by atoms with E-state index in [4.69, 9.17) is 4.18 Å². The zero-order chi connectivity index (χ0) is 20.1. The molecule has 8 heteroatoms. The van der Waals surface area contributed by atoms with E-state index in [0.717, 1.165) is 0 Å². The van der Waals surface area contributed by atoms with Crippen molar-refractivity contribution in [2.24, 2.45) is 0 Å². The predicted octanol–water partition coefficient (Wildman–Crippen LogP) is 2.75. The van der Waals surface area contributed by atoms with Crippen LogP contribution in [0.5, 0.6) is 5.75 Å². The molecule has 0 saturated heterocycles. The van der Waals surface area contributed by atoms with E-state index in [-0.39, 0.29) is 36.3 Å². The largest absolute Gasteiger partial charge is 0.396 e. The summed E-state index contributed by atoms with van der Waals surface area (Å²) in [6.07, 6.45) is 1.88. The van der Waals surface area contributed by atoms with Crippen LogP contribution in [0.25, 0.3) is 0 Å². The number of rotatable bonds is 8. The highest BCUT2D eigenvalue weighted by Gasteiger charge is 2.31. The first kappa shape index (κ1) is 20.0. The van der Waals surface area contributed by atoms with E-state index in [1.54, 1.807) is 47.2 Å². The van der Waals surface area contributed by atoms with Crippen LogP contribution in [0.1, 0.15) is 37.0 Å². The average molecular weight is 401 g/mol. The van der Waals surface area contributed by atoms with Gasteiger partial charge in [-0.1, -0.05) is 38.1 Å². The molecule has 0 aliphatic rings. The van der Waals surface area contributed by atoms with Crippen molar-refractivity contribution in [3.05, 3.63) is 71.9 Å². The van der Waals surface area contributed by atoms with Crippen LogP contribution in [0.4, 0.5) is 0 Å². The predicted molar refractivity (Wildman–Crippen MR) is 105 cm³/mol. The van der Waals surface area contributed by atoms with Crippen molar-refractivity contribution in [1.82, 2.24) is 14.5 Å². The van der Waals surface area contributed by atoms with Crippen LogP contribution in [0.2, 0.25) is 0 Å². The van der Waals surface area contributed by atoms with Crippen molar-refractivity contribution in [1.29, 1.82) is 0 Å². The van der Waals surface area contributed by atoms with Gasteiger partial charge in [-0.25, -0.2) is 4.98 Å². The second-order valence-corrected chi connectivity index (χ2v) is 8.07. The van der Waals surface area contributed by atoms with Crippen molar-refractivity contribution >= 4 is 10.1 Å². The zero-order valence-corrected chi connectivity index (χ0v) is 16.6. The van der Waals surface area contributed by atoms with Crippen LogP contribution in [-0.2, 0) is 23.1 Å². The summed E-state index contributed by atoms with van der Waals surface area (Å²) in [5, 5.41) is 9.44. The van der Waals surface area contributed by atoms with E-state index in [1.807, 2.05) is 26.0 Å². The van der Waals surface area contributed by atoms with E-state index >= 15 is 0 Å². The van der Waals surface area contributed by atoms with E-state index in [1.165, 1.54) is 0 Å². The zero-order valence-electron chi connectivity index (χ0n) is 15.8. The van der Waals surface area contributed by atoms with Gasteiger partial charge in [-0.3, -0.25) is 4.98 Å². The van der Waals surface area contributed by atoms with Gasteiger partial charge < -0.3 is 13.9 Å². The normalized spacial score (nSPS) is 11.7. The molecule has 28 heavy (non-hydrogen) atoms. The topological polar surface area (TPSA) is 94.3 Å².